The van der Waals surface area contributed by atoms with Crippen molar-refractivity contribution in [3.8, 4) is 0 Å². The van der Waals surface area contributed by atoms with E-state index in [0.717, 1.165) is 12.2 Å². The van der Waals surface area contributed by atoms with Crippen LogP contribution in [-0.4, -0.2) is 23.9 Å². The Hall–Kier alpha value is -1.97. The van der Waals surface area contributed by atoms with Gasteiger partial charge in [0.05, 0.1) is 11.9 Å². The number of rotatable bonds is 5. The number of hydrogen-bond donors (Lipinski definition) is 1. The molecule has 4 heteroatoms. The lowest BCUT2D eigenvalue weighted by Crippen LogP contribution is -2.10. The highest BCUT2D eigenvalue weighted by Crippen LogP contribution is 2.21. The van der Waals surface area contributed by atoms with E-state index in [1.54, 1.807) is 0 Å². The van der Waals surface area contributed by atoms with Gasteiger partial charge in [-0.05, 0) is 31.5 Å². The van der Waals surface area contributed by atoms with Crippen LogP contribution in [0, 0.1) is 0 Å². The van der Waals surface area contributed by atoms with Crippen molar-refractivity contribution in [3.05, 3.63) is 42.2 Å². The molecule has 1 aromatic heterocycles. The molecular formula is C15H22N4. The molecule has 0 spiro atoms. The highest BCUT2D eigenvalue weighted by Gasteiger charge is 2.07. The van der Waals surface area contributed by atoms with Crippen LogP contribution >= 0.6 is 0 Å². The minimum Gasteiger partial charge on any atom is -0.378 e. The van der Waals surface area contributed by atoms with Gasteiger partial charge in [-0.3, -0.25) is 4.68 Å². The van der Waals surface area contributed by atoms with E-state index in [2.05, 4.69) is 67.5 Å². The Morgan fingerprint density at radius 3 is 2.47 bits per heavy atom. The fourth-order valence-electron chi connectivity index (χ4n) is 2.01. The second kappa shape index (κ2) is 5.78. The summed E-state index contributed by atoms with van der Waals surface area (Å²) in [6, 6.07) is 8.88. The van der Waals surface area contributed by atoms with E-state index in [1.807, 2.05) is 17.1 Å². The predicted octanol–water partition coefficient (Wildman–Crippen LogP) is 3.14. The number of aromatic nitrogens is 2. The standard InChI is InChI=1S/C15H22N4/c1-5-19-11-14(10-16-19)17-12(2)13-6-8-15(9-7-13)18(3)4/h6-12,17H,5H2,1-4H3. The second-order valence-electron chi connectivity index (χ2n) is 4.94. The van der Waals surface area contributed by atoms with Crippen molar-refractivity contribution < 1.29 is 0 Å². The Morgan fingerprint density at radius 1 is 1.26 bits per heavy atom. The minimum atomic E-state index is 0.269. The number of nitrogens with one attached hydrogen (secondary N) is 1. The van der Waals surface area contributed by atoms with Crippen molar-refractivity contribution in [1.29, 1.82) is 0 Å². The van der Waals surface area contributed by atoms with Crippen LogP contribution in [0.5, 0.6) is 0 Å². The Bertz CT molecular complexity index is 513. The topological polar surface area (TPSA) is 33.1 Å². The maximum absolute atomic E-state index is 4.27. The fourth-order valence-corrected chi connectivity index (χ4v) is 2.01. The van der Waals surface area contributed by atoms with Crippen LogP contribution in [0.25, 0.3) is 0 Å². The van der Waals surface area contributed by atoms with Gasteiger partial charge in [0.15, 0.2) is 0 Å². The molecule has 4 nitrogen and oxygen atoms in total. The Balaban J connectivity index is 2.04. The molecule has 0 fully saturated rings. The van der Waals surface area contributed by atoms with E-state index >= 15 is 0 Å². The van der Waals surface area contributed by atoms with Crippen molar-refractivity contribution in [3.63, 3.8) is 0 Å². The van der Waals surface area contributed by atoms with E-state index in [4.69, 9.17) is 0 Å². The molecule has 0 aliphatic carbocycles. The van der Waals surface area contributed by atoms with Gasteiger partial charge in [-0.1, -0.05) is 12.1 Å². The third kappa shape index (κ3) is 3.28. The Kier molecular flexibility index (Phi) is 4.10. The van der Waals surface area contributed by atoms with E-state index in [-0.39, 0.29) is 6.04 Å². The number of aryl methyl sites for hydroxylation is 1. The highest BCUT2D eigenvalue weighted by molar-refractivity contribution is 5.48. The van der Waals surface area contributed by atoms with Crippen LogP contribution in [-0.2, 0) is 6.54 Å². The molecule has 0 saturated heterocycles. The molecule has 1 unspecified atom stereocenters. The first kappa shape index (κ1) is 13.5. The van der Waals surface area contributed by atoms with Crippen LogP contribution in [0.1, 0.15) is 25.5 Å². The summed E-state index contributed by atoms with van der Waals surface area (Å²) < 4.78 is 1.92. The van der Waals surface area contributed by atoms with Crippen molar-refractivity contribution in [2.75, 3.05) is 24.3 Å². The van der Waals surface area contributed by atoms with Crippen LogP contribution in [0.2, 0.25) is 0 Å². The largest absolute Gasteiger partial charge is 0.378 e. The summed E-state index contributed by atoms with van der Waals surface area (Å²) in [4.78, 5) is 2.10. The number of anilines is 2. The molecule has 1 N–H and O–H groups in total. The third-order valence-corrected chi connectivity index (χ3v) is 3.25. The minimum absolute atomic E-state index is 0.269. The molecule has 1 heterocycles. The Morgan fingerprint density at radius 2 is 1.95 bits per heavy atom. The van der Waals surface area contributed by atoms with E-state index in [9.17, 15) is 0 Å². The van der Waals surface area contributed by atoms with Crippen LogP contribution in [0.4, 0.5) is 11.4 Å². The Labute approximate surface area is 115 Å². The van der Waals surface area contributed by atoms with Crippen molar-refractivity contribution in [1.82, 2.24) is 9.78 Å². The second-order valence-corrected chi connectivity index (χ2v) is 4.94. The molecule has 1 aromatic carbocycles. The third-order valence-electron chi connectivity index (χ3n) is 3.25. The van der Waals surface area contributed by atoms with Crippen molar-refractivity contribution >= 4 is 11.4 Å². The molecule has 2 aromatic rings. The van der Waals surface area contributed by atoms with Gasteiger partial charge in [-0.2, -0.15) is 5.10 Å². The molecule has 0 saturated carbocycles. The zero-order valence-corrected chi connectivity index (χ0v) is 12.1. The number of benzene rings is 1. The monoisotopic (exact) mass is 258 g/mol. The van der Waals surface area contributed by atoms with Crippen molar-refractivity contribution in [2.24, 2.45) is 0 Å². The summed E-state index contributed by atoms with van der Waals surface area (Å²) in [5.41, 5.74) is 3.55. The fraction of sp³-hybridized carbons (Fsp3) is 0.400. The van der Waals surface area contributed by atoms with Gasteiger partial charge in [0, 0.05) is 38.6 Å². The first-order valence-corrected chi connectivity index (χ1v) is 6.66. The zero-order chi connectivity index (χ0) is 13.8. The molecule has 1 atom stereocenters. The molecule has 0 radical (unpaired) electrons. The summed E-state index contributed by atoms with van der Waals surface area (Å²) in [6.45, 7) is 5.14. The first-order chi connectivity index (χ1) is 9.10. The van der Waals surface area contributed by atoms with Gasteiger partial charge in [0.1, 0.15) is 0 Å². The van der Waals surface area contributed by atoms with Crippen molar-refractivity contribution in [2.45, 2.75) is 26.4 Å². The number of nitrogens with zero attached hydrogens (tertiary/aromatic N) is 3. The highest BCUT2D eigenvalue weighted by atomic mass is 15.3. The lowest BCUT2D eigenvalue weighted by molar-refractivity contribution is 0.660. The van der Waals surface area contributed by atoms with Gasteiger partial charge >= 0.3 is 0 Å². The number of hydrogen-bond acceptors (Lipinski definition) is 3. The summed E-state index contributed by atoms with van der Waals surface area (Å²) in [7, 11) is 4.10. The SMILES string of the molecule is CCn1cc(NC(C)c2ccc(N(C)C)cc2)cn1. The van der Waals surface area contributed by atoms with E-state index in [1.165, 1.54) is 11.3 Å². The summed E-state index contributed by atoms with van der Waals surface area (Å²) in [6.07, 6.45) is 3.90. The summed E-state index contributed by atoms with van der Waals surface area (Å²) in [5.74, 6) is 0. The quantitative estimate of drug-likeness (QED) is 0.894. The van der Waals surface area contributed by atoms with E-state index in [0.29, 0.717) is 0 Å². The predicted molar refractivity (Wildman–Crippen MR) is 80.7 cm³/mol. The summed E-state index contributed by atoms with van der Waals surface area (Å²) >= 11 is 0. The van der Waals surface area contributed by atoms with Gasteiger partial charge in [-0.15, -0.1) is 0 Å². The lowest BCUT2D eigenvalue weighted by atomic mass is 10.1. The average molecular weight is 258 g/mol. The van der Waals surface area contributed by atoms with Gasteiger partial charge in [0.2, 0.25) is 0 Å². The molecular weight excluding hydrogens is 236 g/mol. The lowest BCUT2D eigenvalue weighted by Gasteiger charge is -2.17. The molecule has 0 aliphatic heterocycles. The average Bonchev–Trinajstić information content (AvgIpc) is 2.86. The normalized spacial score (nSPS) is 12.2. The molecule has 19 heavy (non-hydrogen) atoms. The van der Waals surface area contributed by atoms with Gasteiger partial charge in [-0.25, -0.2) is 0 Å². The zero-order valence-electron chi connectivity index (χ0n) is 12.1. The van der Waals surface area contributed by atoms with Gasteiger partial charge in [0.25, 0.3) is 0 Å². The van der Waals surface area contributed by atoms with Gasteiger partial charge < -0.3 is 10.2 Å². The van der Waals surface area contributed by atoms with Crippen LogP contribution in [0.3, 0.4) is 0 Å². The first-order valence-electron chi connectivity index (χ1n) is 6.66. The molecule has 0 amide bonds. The summed E-state index contributed by atoms with van der Waals surface area (Å²) in [5, 5.41) is 7.73. The van der Waals surface area contributed by atoms with Crippen LogP contribution in [0.15, 0.2) is 36.7 Å². The molecule has 0 aliphatic rings. The molecule has 102 valence electrons. The molecule has 0 bridgehead atoms. The van der Waals surface area contributed by atoms with Crippen LogP contribution < -0.4 is 10.2 Å². The maximum Gasteiger partial charge on any atom is 0.0731 e. The smallest absolute Gasteiger partial charge is 0.0731 e. The molecule has 2 rings (SSSR count). The van der Waals surface area contributed by atoms with E-state index < -0.39 is 0 Å². The maximum atomic E-state index is 4.27.